The Morgan fingerprint density at radius 2 is 2.16 bits per heavy atom. The van der Waals surface area contributed by atoms with Crippen LogP contribution >= 0.6 is 11.6 Å². The Hall–Kier alpha value is -1.24. The quantitative estimate of drug-likeness (QED) is 0.856. The van der Waals surface area contributed by atoms with Gasteiger partial charge in [-0.05, 0) is 48.8 Å². The molecule has 1 heterocycles. The van der Waals surface area contributed by atoms with Crippen molar-refractivity contribution in [3.8, 4) is 6.07 Å². The first-order chi connectivity index (χ1) is 9.19. The molecule has 0 spiro atoms. The molecule has 98 valence electrons. The van der Waals surface area contributed by atoms with Crippen LogP contribution in [0.25, 0.3) is 0 Å². The Balaban J connectivity index is 1.71. The van der Waals surface area contributed by atoms with Crippen molar-refractivity contribution in [1.82, 2.24) is 0 Å². The molecule has 1 aromatic rings. The van der Waals surface area contributed by atoms with Crippen LogP contribution in [-0.2, 0) is 0 Å². The number of halogens is 1. The van der Waals surface area contributed by atoms with Gasteiger partial charge in [0.25, 0.3) is 0 Å². The average Bonchev–Trinajstić information content (AvgIpc) is 2.99. The van der Waals surface area contributed by atoms with Crippen molar-refractivity contribution >= 4 is 17.3 Å². The highest BCUT2D eigenvalue weighted by Crippen LogP contribution is 2.55. The molecule has 4 rings (SSSR count). The Labute approximate surface area is 117 Å². The van der Waals surface area contributed by atoms with E-state index in [-0.39, 0.29) is 12.1 Å². The van der Waals surface area contributed by atoms with E-state index in [0.29, 0.717) is 22.4 Å². The number of nitrogens with zero attached hydrogens (tertiary/aromatic N) is 2. The van der Waals surface area contributed by atoms with Crippen LogP contribution in [0.1, 0.15) is 18.4 Å². The summed E-state index contributed by atoms with van der Waals surface area (Å²) in [4.78, 5) is 2.31. The van der Waals surface area contributed by atoms with E-state index >= 15 is 0 Å². The molecule has 4 heteroatoms. The molecule has 2 aliphatic carbocycles. The van der Waals surface area contributed by atoms with Crippen LogP contribution in [0.5, 0.6) is 0 Å². The highest BCUT2D eigenvalue weighted by molar-refractivity contribution is 6.32. The lowest BCUT2D eigenvalue weighted by molar-refractivity contribution is 0.0967. The Kier molecular flexibility index (Phi) is 2.36. The van der Waals surface area contributed by atoms with E-state index in [4.69, 9.17) is 16.9 Å². The van der Waals surface area contributed by atoms with E-state index in [1.54, 1.807) is 6.07 Å². The third-order valence-electron chi connectivity index (χ3n) is 5.25. The number of aliphatic hydroxyl groups excluding tert-OH is 1. The first kappa shape index (κ1) is 11.6. The normalized spacial score (nSPS) is 38.8. The second-order valence-electron chi connectivity index (χ2n) is 6.06. The van der Waals surface area contributed by atoms with Gasteiger partial charge < -0.3 is 10.0 Å². The number of benzene rings is 1. The summed E-state index contributed by atoms with van der Waals surface area (Å²) < 4.78 is 0. The van der Waals surface area contributed by atoms with Crippen molar-refractivity contribution in [3.63, 3.8) is 0 Å². The second-order valence-corrected chi connectivity index (χ2v) is 6.47. The van der Waals surface area contributed by atoms with Crippen molar-refractivity contribution in [2.24, 2.45) is 17.8 Å². The largest absolute Gasteiger partial charge is 0.391 e. The monoisotopic (exact) mass is 274 g/mol. The standard InChI is InChI=1S/C15H15ClN2O/c16-13-5-11(2-1-8(13)6-17)18-7-10-3-9-4-12(10)14(18)15(9)19/h1-2,5,9-10,12,14-15,19H,3-4,7H2/t9-,10-,12+,14+,15+/m0/s1. The fourth-order valence-corrected chi connectivity index (χ4v) is 4.70. The maximum atomic E-state index is 10.4. The number of fused-ring (bicyclic) bond motifs is 1. The smallest absolute Gasteiger partial charge is 0.101 e. The van der Waals surface area contributed by atoms with Crippen molar-refractivity contribution in [3.05, 3.63) is 28.8 Å². The number of hydrogen-bond acceptors (Lipinski definition) is 3. The zero-order valence-electron chi connectivity index (χ0n) is 10.5. The van der Waals surface area contributed by atoms with E-state index in [1.807, 2.05) is 12.1 Å². The lowest BCUT2D eigenvalue weighted by Crippen LogP contribution is -2.40. The number of rotatable bonds is 1. The molecule has 3 aliphatic rings. The molecule has 0 amide bonds. The fourth-order valence-electron chi connectivity index (χ4n) is 4.48. The third kappa shape index (κ3) is 1.47. The van der Waals surface area contributed by atoms with E-state index in [0.717, 1.165) is 18.2 Å². The van der Waals surface area contributed by atoms with Gasteiger partial charge in [0.1, 0.15) is 6.07 Å². The Morgan fingerprint density at radius 1 is 1.32 bits per heavy atom. The van der Waals surface area contributed by atoms with E-state index in [9.17, 15) is 5.11 Å². The van der Waals surface area contributed by atoms with Crippen LogP contribution < -0.4 is 4.90 Å². The highest BCUT2D eigenvalue weighted by atomic mass is 35.5. The molecule has 19 heavy (non-hydrogen) atoms. The molecule has 5 atom stereocenters. The summed E-state index contributed by atoms with van der Waals surface area (Å²) in [5.74, 6) is 1.88. The molecular weight excluding hydrogens is 260 g/mol. The summed E-state index contributed by atoms with van der Waals surface area (Å²) in [6.07, 6.45) is 2.15. The van der Waals surface area contributed by atoms with Crippen molar-refractivity contribution in [2.45, 2.75) is 25.0 Å². The summed E-state index contributed by atoms with van der Waals surface area (Å²) in [7, 11) is 0. The molecule has 1 saturated heterocycles. The number of anilines is 1. The molecule has 3 fully saturated rings. The van der Waals surface area contributed by atoms with Crippen molar-refractivity contribution in [1.29, 1.82) is 5.26 Å². The van der Waals surface area contributed by atoms with Crippen LogP contribution in [0.15, 0.2) is 18.2 Å². The van der Waals surface area contributed by atoms with Gasteiger partial charge in [-0.2, -0.15) is 5.26 Å². The summed E-state index contributed by atoms with van der Waals surface area (Å²) in [5, 5.41) is 19.8. The molecule has 0 radical (unpaired) electrons. The van der Waals surface area contributed by atoms with Crippen molar-refractivity contribution < 1.29 is 5.11 Å². The molecule has 2 bridgehead atoms. The maximum Gasteiger partial charge on any atom is 0.101 e. The highest BCUT2D eigenvalue weighted by Gasteiger charge is 2.58. The molecular formula is C15H15ClN2O. The topological polar surface area (TPSA) is 47.3 Å². The maximum absolute atomic E-state index is 10.4. The molecule has 1 aliphatic heterocycles. The van der Waals surface area contributed by atoms with Gasteiger partial charge in [-0.15, -0.1) is 0 Å². The zero-order valence-corrected chi connectivity index (χ0v) is 11.2. The van der Waals surface area contributed by atoms with Gasteiger partial charge in [0.2, 0.25) is 0 Å². The van der Waals surface area contributed by atoms with Gasteiger partial charge >= 0.3 is 0 Å². The minimum atomic E-state index is -0.196. The summed E-state index contributed by atoms with van der Waals surface area (Å²) in [5.41, 5.74) is 1.56. The molecule has 1 aromatic carbocycles. The number of nitriles is 1. The summed E-state index contributed by atoms with van der Waals surface area (Å²) in [6, 6.07) is 7.94. The van der Waals surface area contributed by atoms with Crippen LogP contribution in [0.4, 0.5) is 5.69 Å². The Bertz CT molecular complexity index is 580. The SMILES string of the molecule is N#Cc1ccc(N2C[C@@H]3C[C@H]4C[C@H]3[C@@H]2[C@@H]4O)cc1Cl. The number of hydrogen-bond donors (Lipinski definition) is 1. The first-order valence-corrected chi connectivity index (χ1v) is 7.21. The molecule has 0 unspecified atom stereocenters. The lowest BCUT2D eigenvalue weighted by Gasteiger charge is -2.30. The average molecular weight is 275 g/mol. The van der Waals surface area contributed by atoms with Gasteiger partial charge in [0.15, 0.2) is 0 Å². The molecule has 3 nitrogen and oxygen atoms in total. The van der Waals surface area contributed by atoms with Gasteiger partial charge in [-0.25, -0.2) is 0 Å². The van der Waals surface area contributed by atoms with Gasteiger partial charge in [-0.3, -0.25) is 0 Å². The van der Waals surface area contributed by atoms with Crippen LogP contribution in [0, 0.1) is 29.1 Å². The lowest BCUT2D eigenvalue weighted by atomic mass is 9.88. The van der Waals surface area contributed by atoms with E-state index in [2.05, 4.69) is 11.0 Å². The predicted molar refractivity (Wildman–Crippen MR) is 73.0 cm³/mol. The van der Waals surface area contributed by atoms with Crippen LogP contribution in [0.3, 0.4) is 0 Å². The molecule has 2 saturated carbocycles. The third-order valence-corrected chi connectivity index (χ3v) is 5.57. The first-order valence-electron chi connectivity index (χ1n) is 6.83. The van der Waals surface area contributed by atoms with Crippen LogP contribution in [-0.4, -0.2) is 23.8 Å². The Morgan fingerprint density at radius 3 is 2.84 bits per heavy atom. The van der Waals surface area contributed by atoms with Gasteiger partial charge in [0, 0.05) is 12.2 Å². The van der Waals surface area contributed by atoms with Crippen molar-refractivity contribution in [2.75, 3.05) is 11.4 Å². The summed E-state index contributed by atoms with van der Waals surface area (Å²) in [6.45, 7) is 1.02. The summed E-state index contributed by atoms with van der Waals surface area (Å²) >= 11 is 6.12. The minimum absolute atomic E-state index is 0.196. The molecule has 1 N–H and O–H groups in total. The fraction of sp³-hybridized carbons (Fsp3) is 0.533. The van der Waals surface area contributed by atoms with Crippen LogP contribution in [0.2, 0.25) is 5.02 Å². The zero-order chi connectivity index (χ0) is 13.1. The van der Waals surface area contributed by atoms with E-state index in [1.165, 1.54) is 12.8 Å². The number of aliphatic hydroxyl groups is 1. The predicted octanol–water partition coefficient (Wildman–Crippen LogP) is 2.42. The second kappa shape index (κ2) is 3.88. The van der Waals surface area contributed by atoms with Gasteiger partial charge in [0.05, 0.1) is 22.7 Å². The van der Waals surface area contributed by atoms with E-state index < -0.39 is 0 Å². The van der Waals surface area contributed by atoms with Gasteiger partial charge in [-0.1, -0.05) is 11.6 Å². The molecule has 0 aromatic heterocycles. The minimum Gasteiger partial charge on any atom is -0.391 e.